The first-order valence-electron chi connectivity index (χ1n) is 13.1. The quantitative estimate of drug-likeness (QED) is 0.284. The Bertz CT molecular complexity index is 1040. The standard InChI is InChI=1S/C28H40FNO7S/c1-6-8-19-25(34)16(2)9-7-10-28(15-31)23(37-28)12-21(20(29)11-18-14-38-17(3)30-18)36-24(33)13-22(32)27(4,5)26(19)35/h6,11,14,16,19,21-23,25,31-32,34H,1,7-10,12-13,15H2,2-5H3/t16-,19+,21-,22-,23-,25-,28+/m0/s1. The molecule has 0 aromatic carbocycles. The molecular weight excluding hydrogens is 513 g/mol. The number of ether oxygens (including phenoxy) is 2. The van der Waals surface area contributed by atoms with Crippen molar-refractivity contribution in [3.8, 4) is 0 Å². The molecule has 1 aromatic heterocycles. The SMILES string of the molecule is C=CC[C@H]1C(=O)C(C)(C)[C@@H](O)CC(=O)O[C@H](C(F)=Cc2csc(C)n2)C[C@@H]2O[C@@]2(CO)CCC[C@H](C)[C@@H]1O. The fourth-order valence-electron chi connectivity index (χ4n) is 5.18. The Morgan fingerprint density at radius 2 is 2.05 bits per heavy atom. The Balaban J connectivity index is 1.91. The number of nitrogens with zero attached hydrogens (tertiary/aromatic N) is 1. The van der Waals surface area contributed by atoms with Crippen LogP contribution in [0.4, 0.5) is 4.39 Å². The fraction of sp³-hybridized carbons (Fsp3) is 0.679. The number of thiazole rings is 1. The zero-order chi connectivity index (χ0) is 28.3. The molecule has 2 saturated heterocycles. The molecule has 212 valence electrons. The maximum absolute atomic E-state index is 15.4. The van der Waals surface area contributed by atoms with E-state index in [0.717, 1.165) is 5.01 Å². The molecule has 0 bridgehead atoms. The van der Waals surface area contributed by atoms with E-state index in [0.29, 0.717) is 25.0 Å². The number of esters is 1. The van der Waals surface area contributed by atoms with Crippen molar-refractivity contribution in [2.24, 2.45) is 17.3 Å². The van der Waals surface area contributed by atoms with E-state index in [1.54, 1.807) is 18.4 Å². The minimum atomic E-state index is -1.42. The van der Waals surface area contributed by atoms with Crippen LogP contribution in [0.5, 0.6) is 0 Å². The lowest BCUT2D eigenvalue weighted by molar-refractivity contribution is -0.155. The molecule has 0 saturated carbocycles. The molecule has 38 heavy (non-hydrogen) atoms. The van der Waals surface area contributed by atoms with Crippen molar-refractivity contribution in [1.82, 2.24) is 4.98 Å². The van der Waals surface area contributed by atoms with E-state index >= 15 is 4.39 Å². The molecule has 3 heterocycles. The molecule has 2 aliphatic heterocycles. The predicted molar refractivity (Wildman–Crippen MR) is 142 cm³/mol. The second-order valence-corrected chi connectivity index (χ2v) is 12.2. The molecule has 0 unspecified atom stereocenters. The van der Waals surface area contributed by atoms with Crippen LogP contribution in [0.1, 0.15) is 70.0 Å². The van der Waals surface area contributed by atoms with Gasteiger partial charge in [0.05, 0.1) is 47.5 Å². The smallest absolute Gasteiger partial charge is 0.309 e. The normalized spacial score (nSPS) is 35.3. The number of hydrogen-bond donors (Lipinski definition) is 3. The van der Waals surface area contributed by atoms with Crippen LogP contribution in [-0.2, 0) is 19.1 Å². The second-order valence-electron chi connectivity index (χ2n) is 11.2. The molecule has 2 fully saturated rings. The number of Topliss-reactive ketones (excluding diaryl/α,β-unsaturated/α-hetero) is 1. The maximum atomic E-state index is 15.4. The van der Waals surface area contributed by atoms with Gasteiger partial charge in [-0.15, -0.1) is 17.9 Å². The number of aromatic nitrogens is 1. The molecule has 0 amide bonds. The summed E-state index contributed by atoms with van der Waals surface area (Å²) in [7, 11) is 0. The summed E-state index contributed by atoms with van der Waals surface area (Å²) >= 11 is 1.36. The molecule has 3 N–H and O–H groups in total. The number of cyclic esters (lactones) is 1. The number of fused-ring (bicyclic) bond motifs is 1. The van der Waals surface area contributed by atoms with E-state index in [9.17, 15) is 24.9 Å². The highest BCUT2D eigenvalue weighted by Crippen LogP contribution is 2.45. The number of aliphatic hydroxyl groups excluding tert-OH is 3. The Labute approximate surface area is 227 Å². The van der Waals surface area contributed by atoms with E-state index in [1.807, 2.05) is 6.92 Å². The van der Waals surface area contributed by atoms with Crippen molar-refractivity contribution in [1.29, 1.82) is 0 Å². The highest BCUT2D eigenvalue weighted by atomic mass is 32.1. The van der Waals surface area contributed by atoms with E-state index < -0.39 is 59.6 Å². The van der Waals surface area contributed by atoms with Crippen LogP contribution in [-0.4, -0.2) is 68.7 Å². The minimum Gasteiger partial charge on any atom is -0.455 e. The summed E-state index contributed by atoms with van der Waals surface area (Å²) in [5.74, 6) is -3.06. The Hall–Kier alpha value is -1.98. The van der Waals surface area contributed by atoms with Crippen LogP contribution in [0.25, 0.3) is 6.08 Å². The summed E-state index contributed by atoms with van der Waals surface area (Å²) in [6.07, 6.45) is -0.207. The van der Waals surface area contributed by atoms with E-state index in [1.165, 1.54) is 31.3 Å². The van der Waals surface area contributed by atoms with Gasteiger partial charge in [-0.05, 0) is 38.2 Å². The third kappa shape index (κ3) is 6.96. The first kappa shape index (κ1) is 30.6. The minimum absolute atomic E-state index is 0.0181. The van der Waals surface area contributed by atoms with E-state index in [2.05, 4.69) is 11.6 Å². The zero-order valence-corrected chi connectivity index (χ0v) is 23.4. The van der Waals surface area contributed by atoms with Gasteiger partial charge in [-0.2, -0.15) is 0 Å². The number of halogens is 1. The lowest BCUT2D eigenvalue weighted by Gasteiger charge is -2.35. The van der Waals surface area contributed by atoms with Gasteiger partial charge in [0, 0.05) is 17.7 Å². The molecular formula is C28H40FNO7S. The number of aliphatic hydroxyl groups is 3. The summed E-state index contributed by atoms with van der Waals surface area (Å²) in [6, 6.07) is 0. The molecule has 3 rings (SSSR count). The summed E-state index contributed by atoms with van der Waals surface area (Å²) in [6.45, 7) is 10.1. The highest BCUT2D eigenvalue weighted by molar-refractivity contribution is 7.09. The van der Waals surface area contributed by atoms with Gasteiger partial charge in [0.2, 0.25) is 0 Å². The van der Waals surface area contributed by atoms with Crippen molar-refractivity contribution in [3.05, 3.63) is 34.6 Å². The van der Waals surface area contributed by atoms with Crippen LogP contribution in [0, 0.1) is 24.2 Å². The molecule has 7 atom stereocenters. The summed E-state index contributed by atoms with van der Waals surface area (Å²) in [5.41, 5.74) is -1.87. The van der Waals surface area contributed by atoms with Crippen LogP contribution in [0.15, 0.2) is 23.9 Å². The molecule has 1 aromatic rings. The fourth-order valence-corrected chi connectivity index (χ4v) is 5.75. The average Bonchev–Trinajstić information content (AvgIpc) is 3.39. The van der Waals surface area contributed by atoms with Gasteiger partial charge in [-0.1, -0.05) is 33.3 Å². The van der Waals surface area contributed by atoms with Crippen molar-refractivity contribution in [2.45, 2.75) is 96.2 Å². The van der Waals surface area contributed by atoms with Crippen LogP contribution in [0.3, 0.4) is 0 Å². The van der Waals surface area contributed by atoms with Gasteiger partial charge in [0.1, 0.15) is 17.2 Å². The molecule has 10 heteroatoms. The Morgan fingerprint density at radius 3 is 2.66 bits per heavy atom. The van der Waals surface area contributed by atoms with E-state index in [4.69, 9.17) is 9.47 Å². The number of carbonyl (C=O) groups is 2. The molecule has 0 spiro atoms. The lowest BCUT2D eigenvalue weighted by atomic mass is 9.71. The Kier molecular flexibility index (Phi) is 10.0. The van der Waals surface area contributed by atoms with E-state index in [-0.39, 0.29) is 31.1 Å². The molecule has 0 aliphatic carbocycles. The first-order chi connectivity index (χ1) is 17.8. The summed E-state index contributed by atoms with van der Waals surface area (Å²) in [4.78, 5) is 30.6. The number of epoxide rings is 1. The van der Waals surface area contributed by atoms with Crippen molar-refractivity contribution in [2.75, 3.05) is 6.61 Å². The van der Waals surface area contributed by atoms with Gasteiger partial charge >= 0.3 is 5.97 Å². The second kappa shape index (κ2) is 12.5. The van der Waals surface area contributed by atoms with Gasteiger partial charge in [-0.25, -0.2) is 9.37 Å². The van der Waals surface area contributed by atoms with Crippen LogP contribution >= 0.6 is 11.3 Å². The summed E-state index contributed by atoms with van der Waals surface area (Å²) < 4.78 is 26.7. The molecule has 0 radical (unpaired) electrons. The van der Waals surface area contributed by atoms with Gasteiger partial charge < -0.3 is 24.8 Å². The third-order valence-corrected chi connectivity index (χ3v) is 8.74. The monoisotopic (exact) mass is 553 g/mol. The number of allylic oxidation sites excluding steroid dienone is 1. The number of carbonyl (C=O) groups excluding carboxylic acids is 2. The highest BCUT2D eigenvalue weighted by Gasteiger charge is 2.56. The van der Waals surface area contributed by atoms with Crippen molar-refractivity contribution >= 4 is 29.2 Å². The molecule has 8 nitrogen and oxygen atoms in total. The van der Waals surface area contributed by atoms with Crippen LogP contribution < -0.4 is 0 Å². The number of rotatable bonds is 5. The van der Waals surface area contributed by atoms with Crippen molar-refractivity contribution < 1.29 is 38.8 Å². The third-order valence-electron chi connectivity index (χ3n) is 7.95. The molecule has 2 aliphatic rings. The van der Waals surface area contributed by atoms with Crippen LogP contribution in [0.2, 0.25) is 0 Å². The number of ketones is 1. The van der Waals surface area contributed by atoms with Crippen molar-refractivity contribution in [3.63, 3.8) is 0 Å². The van der Waals surface area contributed by atoms with Gasteiger partial charge in [-0.3, -0.25) is 9.59 Å². The van der Waals surface area contributed by atoms with Gasteiger partial charge in [0.25, 0.3) is 0 Å². The summed E-state index contributed by atoms with van der Waals surface area (Å²) in [5, 5.41) is 34.5. The van der Waals surface area contributed by atoms with Gasteiger partial charge in [0.15, 0.2) is 6.10 Å². The topological polar surface area (TPSA) is 129 Å². The first-order valence-corrected chi connectivity index (χ1v) is 14.0. The maximum Gasteiger partial charge on any atom is 0.309 e. The average molecular weight is 554 g/mol. The zero-order valence-electron chi connectivity index (χ0n) is 22.6. The number of aryl methyl sites for hydroxylation is 1. The Morgan fingerprint density at radius 1 is 1.34 bits per heavy atom. The number of hydrogen-bond acceptors (Lipinski definition) is 9. The largest absolute Gasteiger partial charge is 0.455 e. The lowest BCUT2D eigenvalue weighted by Crippen LogP contribution is -2.46. The predicted octanol–water partition coefficient (Wildman–Crippen LogP) is 3.91.